The monoisotopic (exact) mass is 482 g/mol. The molecule has 2 atom stereocenters. The summed E-state index contributed by atoms with van der Waals surface area (Å²) in [5, 5.41) is 11.0. The van der Waals surface area contributed by atoms with E-state index in [0.717, 1.165) is 19.3 Å². The topological polar surface area (TPSA) is 164 Å². The fraction of sp³-hybridized carbons (Fsp3) is 0.850. The zero-order valence-corrected chi connectivity index (χ0v) is 19.7. The molecule has 0 heterocycles. The molecular weight excluding hydrogens is 444 g/mol. The molecule has 0 aliphatic rings. The van der Waals surface area contributed by atoms with Crippen molar-refractivity contribution in [2.75, 3.05) is 13.2 Å². The molecule has 0 bridgehead atoms. The van der Waals surface area contributed by atoms with E-state index in [-0.39, 0.29) is 25.6 Å². The van der Waals surface area contributed by atoms with Crippen LogP contribution in [-0.2, 0) is 38.3 Å². The van der Waals surface area contributed by atoms with Gasteiger partial charge < -0.3 is 19.4 Å². The van der Waals surface area contributed by atoms with Crippen molar-refractivity contribution in [1.29, 1.82) is 0 Å². The number of rotatable bonds is 21. The van der Waals surface area contributed by atoms with Gasteiger partial charge in [-0.05, 0) is 6.42 Å². The Morgan fingerprint density at radius 1 is 0.969 bits per heavy atom. The number of nitrogens with two attached hydrogens (primary N) is 1. The van der Waals surface area contributed by atoms with Crippen LogP contribution in [0.2, 0.25) is 0 Å². The Balaban J connectivity index is 3.98. The predicted octanol–water partition coefficient (Wildman–Crippen LogP) is 2.31. The summed E-state index contributed by atoms with van der Waals surface area (Å²) in [5.74, 6) is 3.31. The third-order valence-corrected chi connectivity index (χ3v) is 6.09. The van der Waals surface area contributed by atoms with E-state index in [1.54, 1.807) is 0 Å². The smallest absolute Gasteiger partial charge is 0.336 e. The Bertz CT molecular complexity index is 629. The maximum Gasteiger partial charge on any atom is 0.336 e. The van der Waals surface area contributed by atoms with Crippen molar-refractivity contribution in [2.45, 2.75) is 95.5 Å². The summed E-state index contributed by atoms with van der Waals surface area (Å²) in [5.41, 5.74) is 0. The number of aliphatic hydroxyl groups excluding tert-OH is 1. The third-order valence-electron chi connectivity index (χ3n) is 4.68. The molecule has 0 amide bonds. The molecule has 0 fully saturated rings. The molecule has 0 aromatic heterocycles. The van der Waals surface area contributed by atoms with Crippen LogP contribution in [0.5, 0.6) is 0 Å². The average molecular weight is 483 g/mol. The van der Waals surface area contributed by atoms with E-state index in [9.17, 15) is 23.1 Å². The number of oxime groups is 1. The van der Waals surface area contributed by atoms with Crippen molar-refractivity contribution in [1.82, 2.24) is 0 Å². The summed E-state index contributed by atoms with van der Waals surface area (Å²) in [7, 11) is -4.50. The lowest BCUT2D eigenvalue weighted by atomic mass is 10.1. The average Bonchev–Trinajstić information content (AvgIpc) is 2.76. The molecule has 0 radical (unpaired) electrons. The van der Waals surface area contributed by atoms with Gasteiger partial charge in [0.05, 0.1) is 19.6 Å². The fourth-order valence-electron chi connectivity index (χ4n) is 2.90. The van der Waals surface area contributed by atoms with E-state index in [1.807, 2.05) is 0 Å². The molecule has 32 heavy (non-hydrogen) atoms. The summed E-state index contributed by atoms with van der Waals surface area (Å²) < 4.78 is 37.5. The van der Waals surface area contributed by atoms with E-state index < -0.39 is 34.0 Å². The van der Waals surface area contributed by atoms with Crippen molar-refractivity contribution < 1.29 is 41.7 Å². The summed E-state index contributed by atoms with van der Waals surface area (Å²) in [4.78, 5) is 27.3. The second kappa shape index (κ2) is 18.9. The number of hydrogen-bond donors (Lipinski definition) is 2. The Labute approximate surface area is 190 Å². The number of nitrogens with zero attached hydrogens (tertiary/aromatic N) is 1. The molecule has 3 N–H and O–H groups in total. The molecule has 0 aliphatic heterocycles. The lowest BCUT2D eigenvalue weighted by Gasteiger charge is -2.20. The molecule has 12 heteroatoms. The first-order chi connectivity index (χ1) is 15.3. The van der Waals surface area contributed by atoms with Crippen molar-refractivity contribution in [3.8, 4) is 0 Å². The second-order valence-electron chi connectivity index (χ2n) is 7.34. The zero-order valence-electron chi connectivity index (χ0n) is 18.9. The molecule has 0 aromatic carbocycles. The molecule has 0 saturated carbocycles. The number of carbonyl (C=O) groups is 2. The molecule has 0 aromatic rings. The molecule has 0 spiro atoms. The lowest BCUT2D eigenvalue weighted by molar-refractivity contribution is -0.150. The van der Waals surface area contributed by atoms with Gasteiger partial charge in [0.25, 0.3) is 10.1 Å². The van der Waals surface area contributed by atoms with Gasteiger partial charge in [-0.15, -0.1) is 0 Å². The van der Waals surface area contributed by atoms with E-state index in [2.05, 4.69) is 27.9 Å². The maximum absolute atomic E-state index is 11.8. The highest BCUT2D eigenvalue weighted by Crippen LogP contribution is 2.15. The van der Waals surface area contributed by atoms with Gasteiger partial charge in [-0.25, -0.2) is 4.79 Å². The van der Waals surface area contributed by atoms with Crippen LogP contribution in [0.15, 0.2) is 5.16 Å². The lowest BCUT2D eigenvalue weighted by Crippen LogP contribution is -2.40. The molecule has 0 saturated heterocycles. The number of hydrogen-bond acceptors (Lipinski definition) is 11. The van der Waals surface area contributed by atoms with Crippen molar-refractivity contribution in [3.63, 3.8) is 0 Å². The first-order valence-electron chi connectivity index (χ1n) is 11.0. The summed E-state index contributed by atoms with van der Waals surface area (Å²) in [6.07, 6.45) is 8.22. The van der Waals surface area contributed by atoms with Gasteiger partial charge >= 0.3 is 11.9 Å². The van der Waals surface area contributed by atoms with Crippen LogP contribution < -0.4 is 5.90 Å². The van der Waals surface area contributed by atoms with Gasteiger partial charge in [0.1, 0.15) is 5.25 Å². The first kappa shape index (κ1) is 30.4. The van der Waals surface area contributed by atoms with Gasteiger partial charge in [-0.3, -0.25) is 4.79 Å². The Morgan fingerprint density at radius 3 is 2.12 bits per heavy atom. The second-order valence-corrected chi connectivity index (χ2v) is 9.12. The van der Waals surface area contributed by atoms with Crippen LogP contribution in [0.3, 0.4) is 0 Å². The van der Waals surface area contributed by atoms with E-state index in [0.29, 0.717) is 6.42 Å². The molecule has 188 valence electrons. The van der Waals surface area contributed by atoms with Crippen LogP contribution in [0.25, 0.3) is 0 Å². The van der Waals surface area contributed by atoms with Crippen molar-refractivity contribution in [2.24, 2.45) is 11.1 Å². The third kappa shape index (κ3) is 15.2. The van der Waals surface area contributed by atoms with Crippen LogP contribution in [0, 0.1) is 0 Å². The summed E-state index contributed by atoms with van der Waals surface area (Å²) >= 11 is 0. The van der Waals surface area contributed by atoms with E-state index in [4.69, 9.17) is 15.4 Å². The predicted molar refractivity (Wildman–Crippen MR) is 118 cm³/mol. The summed E-state index contributed by atoms with van der Waals surface area (Å²) in [6.45, 7) is 5.05. The highest BCUT2D eigenvalue weighted by Gasteiger charge is 2.37. The van der Waals surface area contributed by atoms with Crippen molar-refractivity contribution >= 4 is 28.8 Å². The van der Waals surface area contributed by atoms with Gasteiger partial charge in [-0.2, -0.15) is 18.6 Å². The maximum atomic E-state index is 11.8. The minimum absolute atomic E-state index is 0.0518. The largest absolute Gasteiger partial charge is 0.466 e. The van der Waals surface area contributed by atoms with Gasteiger partial charge in [0.2, 0.25) is 0 Å². The van der Waals surface area contributed by atoms with Crippen LogP contribution in [0.4, 0.5) is 0 Å². The molecule has 11 nitrogen and oxygen atoms in total. The number of aliphatic hydroxyl groups is 1. The van der Waals surface area contributed by atoms with Gasteiger partial charge in [0, 0.05) is 19.6 Å². The quantitative estimate of drug-likeness (QED) is 0.0619. The highest BCUT2D eigenvalue weighted by atomic mass is 32.2. The standard InChI is InChI=1S/C20H38N2O9S/c1-3-4-5-6-7-8-9-10-11-13-18(23)28-14-12-15-29-20(25)17(32(26,27)31-21)16-19(24)30-22-2/h17,20,25H,2-16,21H2,1H3. The van der Waals surface area contributed by atoms with Gasteiger partial charge in [0.15, 0.2) is 6.29 Å². The van der Waals surface area contributed by atoms with E-state index in [1.165, 1.54) is 38.5 Å². The molecular formula is C20H38N2O9S. The van der Waals surface area contributed by atoms with Crippen LogP contribution >= 0.6 is 0 Å². The van der Waals surface area contributed by atoms with Gasteiger partial charge in [-0.1, -0.05) is 63.4 Å². The fourth-order valence-corrected chi connectivity index (χ4v) is 3.75. The molecule has 2 unspecified atom stereocenters. The minimum Gasteiger partial charge on any atom is -0.466 e. The van der Waals surface area contributed by atoms with E-state index >= 15 is 0 Å². The first-order valence-corrected chi connectivity index (χ1v) is 12.5. The van der Waals surface area contributed by atoms with Crippen LogP contribution in [0.1, 0.15) is 84.0 Å². The summed E-state index contributed by atoms with van der Waals surface area (Å²) in [6, 6.07) is 0. The Morgan fingerprint density at radius 2 is 1.56 bits per heavy atom. The number of carbonyl (C=O) groups excluding carboxylic acids is 2. The SMILES string of the molecule is C=NOC(=O)CC(C(O)OCCCOC(=O)CCCCCCCCCCC)S(=O)(=O)ON. The molecule has 0 aliphatic carbocycles. The normalized spacial score (nSPS) is 13.3. The number of ether oxygens (including phenoxy) is 2. The Kier molecular flexibility index (Phi) is 18.0. The molecule has 0 rings (SSSR count). The zero-order chi connectivity index (χ0) is 24.2. The Hall–Kier alpha value is -1.60. The minimum atomic E-state index is -4.50. The number of esters is 1. The van der Waals surface area contributed by atoms with Crippen LogP contribution in [-0.4, -0.2) is 56.9 Å². The number of unbranched alkanes of at least 4 members (excludes halogenated alkanes) is 8. The highest BCUT2D eigenvalue weighted by molar-refractivity contribution is 7.87. The van der Waals surface area contributed by atoms with Crippen molar-refractivity contribution in [3.05, 3.63) is 0 Å².